The highest BCUT2D eigenvalue weighted by molar-refractivity contribution is 5.82. The third-order valence-corrected chi connectivity index (χ3v) is 3.35. The van der Waals surface area contributed by atoms with Crippen LogP contribution in [-0.2, 0) is 9.53 Å². The molecule has 1 aromatic heterocycles. The molecule has 0 aliphatic carbocycles. The summed E-state index contributed by atoms with van der Waals surface area (Å²) in [6.07, 6.45) is 3.58. The maximum Gasteiger partial charge on any atom is 0.330 e. The van der Waals surface area contributed by atoms with Gasteiger partial charge in [0.1, 0.15) is 6.04 Å². The zero-order valence-corrected chi connectivity index (χ0v) is 11.8. The lowest BCUT2D eigenvalue weighted by atomic mass is 10.2. The fourth-order valence-corrected chi connectivity index (χ4v) is 2.23. The lowest BCUT2D eigenvalue weighted by molar-refractivity contribution is -0.145. The van der Waals surface area contributed by atoms with E-state index in [9.17, 15) is 4.79 Å². The van der Waals surface area contributed by atoms with Crippen molar-refractivity contribution >= 4 is 17.5 Å². The molecule has 0 saturated carbocycles. The molecule has 0 amide bonds. The summed E-state index contributed by atoms with van der Waals surface area (Å²) < 4.78 is 5.32. The molecule has 1 atom stereocenters. The summed E-state index contributed by atoms with van der Waals surface area (Å²) in [6, 6.07) is 3.22. The van der Waals surface area contributed by atoms with Crippen LogP contribution in [-0.4, -0.2) is 43.2 Å². The number of ether oxygens (including phenoxy) is 1. The SMILES string of the molecule is CCCCOC(=O)C1CNCCN1c1ncccc1N. The van der Waals surface area contributed by atoms with Crippen LogP contribution in [0.2, 0.25) is 0 Å². The van der Waals surface area contributed by atoms with Gasteiger partial charge in [-0.25, -0.2) is 9.78 Å². The number of carbonyl (C=O) groups excluding carboxylic acids is 1. The maximum absolute atomic E-state index is 12.2. The Kier molecular flexibility index (Phi) is 5.17. The predicted octanol–water partition coefficient (Wildman–Crippen LogP) is 0.785. The van der Waals surface area contributed by atoms with E-state index in [-0.39, 0.29) is 12.0 Å². The van der Waals surface area contributed by atoms with Gasteiger partial charge in [0.15, 0.2) is 5.82 Å². The monoisotopic (exact) mass is 278 g/mol. The molecule has 2 rings (SSSR count). The molecule has 2 heterocycles. The number of nitrogens with zero attached hydrogens (tertiary/aromatic N) is 2. The first kappa shape index (κ1) is 14.6. The van der Waals surface area contributed by atoms with E-state index in [1.165, 1.54) is 0 Å². The minimum atomic E-state index is -0.363. The van der Waals surface area contributed by atoms with Crippen molar-refractivity contribution in [1.29, 1.82) is 0 Å². The van der Waals surface area contributed by atoms with Crippen LogP contribution >= 0.6 is 0 Å². The van der Waals surface area contributed by atoms with Crippen LogP contribution in [0.1, 0.15) is 19.8 Å². The Labute approximate surface area is 119 Å². The van der Waals surface area contributed by atoms with Crippen molar-refractivity contribution in [2.45, 2.75) is 25.8 Å². The zero-order chi connectivity index (χ0) is 14.4. The first-order valence-corrected chi connectivity index (χ1v) is 7.08. The first-order chi connectivity index (χ1) is 9.74. The van der Waals surface area contributed by atoms with Crippen LogP contribution in [0.3, 0.4) is 0 Å². The number of pyridine rings is 1. The summed E-state index contributed by atoms with van der Waals surface area (Å²) in [6.45, 7) is 4.58. The Bertz CT molecular complexity index is 453. The second-order valence-corrected chi connectivity index (χ2v) is 4.85. The Balaban J connectivity index is 2.09. The van der Waals surface area contributed by atoms with Crippen molar-refractivity contribution < 1.29 is 9.53 Å². The number of rotatable bonds is 5. The lowest BCUT2D eigenvalue weighted by Gasteiger charge is -2.35. The van der Waals surface area contributed by atoms with Gasteiger partial charge in [-0.2, -0.15) is 0 Å². The fraction of sp³-hybridized carbons (Fsp3) is 0.571. The van der Waals surface area contributed by atoms with Gasteiger partial charge in [-0.1, -0.05) is 13.3 Å². The van der Waals surface area contributed by atoms with Crippen LogP contribution < -0.4 is 16.0 Å². The van der Waals surface area contributed by atoms with Crippen molar-refractivity contribution in [1.82, 2.24) is 10.3 Å². The molecule has 0 radical (unpaired) electrons. The number of anilines is 2. The van der Waals surface area contributed by atoms with Crippen molar-refractivity contribution in [2.75, 3.05) is 36.9 Å². The van der Waals surface area contributed by atoms with E-state index in [0.29, 0.717) is 31.2 Å². The molecule has 6 heteroatoms. The fourth-order valence-electron chi connectivity index (χ4n) is 2.23. The molecule has 0 aromatic carbocycles. The highest BCUT2D eigenvalue weighted by Gasteiger charge is 2.31. The maximum atomic E-state index is 12.2. The summed E-state index contributed by atoms with van der Waals surface area (Å²) in [4.78, 5) is 18.4. The quantitative estimate of drug-likeness (QED) is 0.612. The van der Waals surface area contributed by atoms with Gasteiger partial charge in [-0.15, -0.1) is 0 Å². The van der Waals surface area contributed by atoms with Crippen molar-refractivity contribution in [3.8, 4) is 0 Å². The molecule has 1 aliphatic heterocycles. The highest BCUT2D eigenvalue weighted by atomic mass is 16.5. The average molecular weight is 278 g/mol. The van der Waals surface area contributed by atoms with Crippen LogP contribution in [0.4, 0.5) is 11.5 Å². The van der Waals surface area contributed by atoms with E-state index < -0.39 is 0 Å². The van der Waals surface area contributed by atoms with E-state index in [0.717, 1.165) is 19.4 Å². The molecule has 1 saturated heterocycles. The molecular weight excluding hydrogens is 256 g/mol. The second kappa shape index (κ2) is 7.09. The summed E-state index contributed by atoms with van der Waals surface area (Å²) in [5, 5.41) is 3.21. The first-order valence-electron chi connectivity index (χ1n) is 7.08. The lowest BCUT2D eigenvalue weighted by Crippen LogP contribution is -2.56. The molecule has 0 spiro atoms. The normalized spacial score (nSPS) is 18.9. The number of piperazine rings is 1. The Morgan fingerprint density at radius 1 is 1.65 bits per heavy atom. The van der Waals surface area contributed by atoms with Gasteiger partial charge >= 0.3 is 5.97 Å². The van der Waals surface area contributed by atoms with E-state index in [2.05, 4.69) is 17.2 Å². The number of nitrogens with one attached hydrogen (secondary N) is 1. The molecular formula is C14H22N4O2. The molecule has 1 aliphatic rings. The van der Waals surface area contributed by atoms with Gasteiger partial charge in [0.05, 0.1) is 12.3 Å². The number of aromatic nitrogens is 1. The van der Waals surface area contributed by atoms with Gasteiger partial charge in [0.2, 0.25) is 0 Å². The highest BCUT2D eigenvalue weighted by Crippen LogP contribution is 2.22. The third-order valence-electron chi connectivity index (χ3n) is 3.35. The summed E-state index contributed by atoms with van der Waals surface area (Å²) in [5.74, 6) is 0.446. The van der Waals surface area contributed by atoms with E-state index >= 15 is 0 Å². The van der Waals surface area contributed by atoms with Crippen LogP contribution in [0.25, 0.3) is 0 Å². The van der Waals surface area contributed by atoms with Crippen molar-refractivity contribution in [3.05, 3.63) is 18.3 Å². The van der Waals surface area contributed by atoms with E-state index in [4.69, 9.17) is 10.5 Å². The predicted molar refractivity (Wildman–Crippen MR) is 78.5 cm³/mol. The number of unbranched alkanes of at least 4 members (excludes halogenated alkanes) is 1. The number of nitrogen functional groups attached to an aromatic ring is 1. The van der Waals surface area contributed by atoms with E-state index in [1.54, 1.807) is 18.3 Å². The summed E-state index contributed by atoms with van der Waals surface area (Å²) >= 11 is 0. The standard InChI is InChI=1S/C14H22N4O2/c1-2-3-9-20-14(19)12-10-16-7-8-18(12)13-11(15)5-4-6-17-13/h4-6,12,16H,2-3,7-10,15H2,1H3. The number of carbonyl (C=O) groups is 1. The minimum Gasteiger partial charge on any atom is -0.464 e. The topological polar surface area (TPSA) is 80.5 Å². The molecule has 1 aromatic rings. The molecule has 1 unspecified atom stereocenters. The van der Waals surface area contributed by atoms with Gasteiger partial charge in [-0.3, -0.25) is 0 Å². The van der Waals surface area contributed by atoms with Crippen LogP contribution in [0.5, 0.6) is 0 Å². The molecule has 1 fully saturated rings. The van der Waals surface area contributed by atoms with Crippen molar-refractivity contribution in [2.24, 2.45) is 0 Å². The number of hydrogen-bond donors (Lipinski definition) is 2. The Hall–Kier alpha value is -1.82. The van der Waals surface area contributed by atoms with Crippen LogP contribution in [0.15, 0.2) is 18.3 Å². The van der Waals surface area contributed by atoms with Gasteiger partial charge in [0, 0.05) is 25.8 Å². The Morgan fingerprint density at radius 2 is 2.50 bits per heavy atom. The number of esters is 1. The zero-order valence-electron chi connectivity index (χ0n) is 11.8. The number of hydrogen-bond acceptors (Lipinski definition) is 6. The summed E-state index contributed by atoms with van der Waals surface area (Å²) in [7, 11) is 0. The average Bonchev–Trinajstić information content (AvgIpc) is 2.48. The molecule has 20 heavy (non-hydrogen) atoms. The molecule has 3 N–H and O–H groups in total. The van der Waals surface area contributed by atoms with Gasteiger partial charge in [-0.05, 0) is 18.6 Å². The largest absolute Gasteiger partial charge is 0.464 e. The van der Waals surface area contributed by atoms with Crippen molar-refractivity contribution in [3.63, 3.8) is 0 Å². The Morgan fingerprint density at radius 3 is 3.25 bits per heavy atom. The number of nitrogens with two attached hydrogens (primary N) is 1. The van der Waals surface area contributed by atoms with Gasteiger partial charge in [0.25, 0.3) is 0 Å². The molecule has 6 nitrogen and oxygen atoms in total. The minimum absolute atomic E-state index is 0.212. The summed E-state index contributed by atoms with van der Waals surface area (Å²) in [5.41, 5.74) is 6.54. The second-order valence-electron chi connectivity index (χ2n) is 4.85. The molecule has 0 bridgehead atoms. The third kappa shape index (κ3) is 3.39. The molecule has 110 valence electrons. The van der Waals surface area contributed by atoms with Gasteiger partial charge < -0.3 is 20.7 Å². The van der Waals surface area contributed by atoms with Crippen LogP contribution in [0, 0.1) is 0 Å². The van der Waals surface area contributed by atoms with E-state index in [1.807, 2.05) is 4.90 Å². The smallest absolute Gasteiger partial charge is 0.330 e.